The molecule has 0 aromatic heterocycles. The molecule has 0 fully saturated rings. The number of anilines is 1. The van der Waals surface area contributed by atoms with E-state index in [4.69, 9.17) is 5.11 Å². The first-order chi connectivity index (χ1) is 7.59. The van der Waals surface area contributed by atoms with E-state index < -0.39 is 5.97 Å². The first kappa shape index (κ1) is 10.7. The van der Waals surface area contributed by atoms with Crippen LogP contribution < -0.4 is 4.90 Å². The Hall–Kier alpha value is -1.84. The molecule has 1 aliphatic rings. The minimum Gasteiger partial charge on any atom is -0.481 e. The van der Waals surface area contributed by atoms with Gasteiger partial charge in [-0.1, -0.05) is 12.1 Å². The second kappa shape index (κ2) is 3.96. The molecule has 0 aliphatic carbocycles. The number of hydrogen-bond donors (Lipinski definition) is 1. The standard InChI is InChI=1S/C12H13NO3/c1-13-10-4-2-3-8(5-6-12(15)16)9(10)7-11(13)14/h2-4H,5-7H2,1H3,(H,15,16). The molecule has 1 N–H and O–H groups in total. The maximum Gasteiger partial charge on any atom is 0.303 e. The minimum absolute atomic E-state index is 0.0674. The van der Waals surface area contributed by atoms with E-state index in [1.165, 1.54) is 0 Å². The number of carbonyl (C=O) groups is 2. The zero-order chi connectivity index (χ0) is 11.7. The molecule has 0 spiro atoms. The number of aliphatic carboxylic acids is 1. The summed E-state index contributed by atoms with van der Waals surface area (Å²) in [6, 6.07) is 5.66. The monoisotopic (exact) mass is 219 g/mol. The number of likely N-dealkylation sites (N-methyl/N-ethyl adjacent to an activating group) is 1. The molecule has 4 nitrogen and oxygen atoms in total. The van der Waals surface area contributed by atoms with Crippen LogP contribution in [0, 0.1) is 0 Å². The van der Waals surface area contributed by atoms with Crippen LogP contribution >= 0.6 is 0 Å². The highest BCUT2D eigenvalue weighted by molar-refractivity contribution is 6.01. The minimum atomic E-state index is -0.810. The van der Waals surface area contributed by atoms with Crippen molar-refractivity contribution in [1.82, 2.24) is 0 Å². The number of carboxylic acids is 1. The molecular weight excluding hydrogens is 206 g/mol. The van der Waals surface area contributed by atoms with E-state index in [1.54, 1.807) is 11.9 Å². The van der Waals surface area contributed by atoms with Gasteiger partial charge in [-0.25, -0.2) is 0 Å². The number of nitrogens with zero attached hydrogens (tertiary/aromatic N) is 1. The van der Waals surface area contributed by atoms with Gasteiger partial charge in [0.1, 0.15) is 0 Å². The Balaban J connectivity index is 2.29. The van der Waals surface area contributed by atoms with Crippen molar-refractivity contribution in [3.05, 3.63) is 29.3 Å². The predicted molar refractivity (Wildman–Crippen MR) is 59.5 cm³/mol. The van der Waals surface area contributed by atoms with E-state index >= 15 is 0 Å². The zero-order valence-electron chi connectivity index (χ0n) is 9.06. The molecule has 0 atom stereocenters. The molecule has 1 aromatic rings. The number of rotatable bonds is 3. The van der Waals surface area contributed by atoms with Crippen molar-refractivity contribution in [3.8, 4) is 0 Å². The summed E-state index contributed by atoms with van der Waals surface area (Å²) in [6.07, 6.45) is 0.982. The van der Waals surface area contributed by atoms with Gasteiger partial charge in [0.25, 0.3) is 0 Å². The van der Waals surface area contributed by atoms with Gasteiger partial charge in [-0.3, -0.25) is 9.59 Å². The quantitative estimate of drug-likeness (QED) is 0.831. The van der Waals surface area contributed by atoms with Crippen LogP contribution in [0.15, 0.2) is 18.2 Å². The Bertz CT molecular complexity index is 454. The molecule has 1 heterocycles. The molecule has 0 saturated carbocycles. The van der Waals surface area contributed by atoms with Gasteiger partial charge in [0.05, 0.1) is 6.42 Å². The Morgan fingerprint density at radius 3 is 2.94 bits per heavy atom. The smallest absolute Gasteiger partial charge is 0.303 e. The van der Waals surface area contributed by atoms with Crippen LogP contribution in [0.4, 0.5) is 5.69 Å². The van der Waals surface area contributed by atoms with Crippen LogP contribution in [-0.4, -0.2) is 24.0 Å². The van der Waals surface area contributed by atoms with Crippen molar-refractivity contribution in [2.75, 3.05) is 11.9 Å². The van der Waals surface area contributed by atoms with E-state index in [-0.39, 0.29) is 12.3 Å². The second-order valence-corrected chi connectivity index (χ2v) is 3.94. The third kappa shape index (κ3) is 1.78. The summed E-state index contributed by atoms with van der Waals surface area (Å²) in [6.45, 7) is 0. The van der Waals surface area contributed by atoms with Crippen molar-refractivity contribution < 1.29 is 14.7 Å². The lowest BCUT2D eigenvalue weighted by Crippen LogP contribution is -2.20. The number of carbonyl (C=O) groups excluding carboxylic acids is 1. The van der Waals surface area contributed by atoms with Crippen molar-refractivity contribution in [2.45, 2.75) is 19.3 Å². The van der Waals surface area contributed by atoms with Gasteiger partial charge in [-0.05, 0) is 23.6 Å². The first-order valence-corrected chi connectivity index (χ1v) is 5.18. The lowest BCUT2D eigenvalue weighted by molar-refractivity contribution is -0.137. The maximum absolute atomic E-state index is 11.5. The van der Waals surface area contributed by atoms with Crippen LogP contribution in [0.25, 0.3) is 0 Å². The van der Waals surface area contributed by atoms with Gasteiger partial charge in [0.2, 0.25) is 5.91 Å². The topological polar surface area (TPSA) is 57.6 Å². The predicted octanol–water partition coefficient (Wildman–Crippen LogP) is 1.22. The van der Waals surface area contributed by atoms with Crippen molar-refractivity contribution in [1.29, 1.82) is 0 Å². The highest BCUT2D eigenvalue weighted by Gasteiger charge is 2.25. The molecule has 16 heavy (non-hydrogen) atoms. The van der Waals surface area contributed by atoms with E-state index in [1.807, 2.05) is 18.2 Å². The van der Waals surface area contributed by atoms with Crippen LogP contribution in [0.5, 0.6) is 0 Å². The van der Waals surface area contributed by atoms with E-state index in [2.05, 4.69) is 0 Å². The molecule has 84 valence electrons. The van der Waals surface area contributed by atoms with Gasteiger partial charge in [0, 0.05) is 19.2 Å². The Morgan fingerprint density at radius 1 is 1.50 bits per heavy atom. The van der Waals surface area contributed by atoms with Crippen LogP contribution in [0.3, 0.4) is 0 Å². The molecule has 0 unspecified atom stereocenters. The summed E-state index contributed by atoms with van der Waals surface area (Å²) < 4.78 is 0. The van der Waals surface area contributed by atoms with Gasteiger partial charge < -0.3 is 10.0 Å². The normalized spacial score (nSPS) is 14.1. The molecule has 1 aromatic carbocycles. The van der Waals surface area contributed by atoms with E-state index in [0.717, 1.165) is 16.8 Å². The molecule has 0 saturated heterocycles. The fourth-order valence-electron chi connectivity index (χ4n) is 2.02. The lowest BCUT2D eigenvalue weighted by atomic mass is 10.0. The average Bonchev–Trinajstić information content (AvgIpc) is 2.53. The fraction of sp³-hybridized carbons (Fsp3) is 0.333. The van der Waals surface area contributed by atoms with Gasteiger partial charge >= 0.3 is 5.97 Å². The van der Waals surface area contributed by atoms with Crippen LogP contribution in [0.1, 0.15) is 17.5 Å². The number of benzene rings is 1. The van der Waals surface area contributed by atoms with E-state index in [9.17, 15) is 9.59 Å². The maximum atomic E-state index is 11.5. The SMILES string of the molecule is CN1C(=O)Cc2c(CCC(=O)O)cccc21. The number of amides is 1. The third-order valence-electron chi connectivity index (χ3n) is 2.92. The number of aryl methyl sites for hydroxylation is 1. The zero-order valence-corrected chi connectivity index (χ0v) is 9.06. The highest BCUT2D eigenvalue weighted by Crippen LogP contribution is 2.30. The largest absolute Gasteiger partial charge is 0.481 e. The average molecular weight is 219 g/mol. The van der Waals surface area contributed by atoms with Gasteiger partial charge in [-0.15, -0.1) is 0 Å². The molecule has 0 bridgehead atoms. The van der Waals surface area contributed by atoms with Crippen LogP contribution in [0.2, 0.25) is 0 Å². The summed E-state index contributed by atoms with van der Waals surface area (Å²) in [5, 5.41) is 8.65. The lowest BCUT2D eigenvalue weighted by Gasteiger charge is -2.11. The van der Waals surface area contributed by atoms with Crippen LogP contribution in [-0.2, 0) is 22.4 Å². The van der Waals surface area contributed by atoms with Crippen molar-refractivity contribution >= 4 is 17.6 Å². The summed E-state index contributed by atoms with van der Waals surface area (Å²) in [5.41, 5.74) is 2.86. The number of fused-ring (bicyclic) bond motifs is 1. The Morgan fingerprint density at radius 2 is 2.25 bits per heavy atom. The summed E-state index contributed by atoms with van der Waals surface area (Å²) in [5.74, 6) is -0.743. The van der Waals surface area contributed by atoms with Crippen molar-refractivity contribution in [2.24, 2.45) is 0 Å². The van der Waals surface area contributed by atoms with Gasteiger partial charge in [0.15, 0.2) is 0 Å². The summed E-state index contributed by atoms with van der Waals surface area (Å²) in [7, 11) is 1.75. The van der Waals surface area contributed by atoms with Gasteiger partial charge in [-0.2, -0.15) is 0 Å². The Kier molecular flexibility index (Phi) is 2.64. The highest BCUT2D eigenvalue weighted by atomic mass is 16.4. The van der Waals surface area contributed by atoms with Crippen molar-refractivity contribution in [3.63, 3.8) is 0 Å². The molecule has 0 radical (unpaired) electrons. The summed E-state index contributed by atoms with van der Waals surface area (Å²) >= 11 is 0. The summed E-state index contributed by atoms with van der Waals surface area (Å²) in [4.78, 5) is 23.7. The third-order valence-corrected chi connectivity index (χ3v) is 2.92. The Labute approximate surface area is 93.5 Å². The van der Waals surface area contributed by atoms with E-state index in [0.29, 0.717) is 12.8 Å². The molecule has 1 amide bonds. The fourth-order valence-corrected chi connectivity index (χ4v) is 2.02. The molecule has 1 aliphatic heterocycles. The number of hydrogen-bond acceptors (Lipinski definition) is 2. The second-order valence-electron chi connectivity index (χ2n) is 3.94. The number of carboxylic acid groups (broad SMARTS) is 1. The first-order valence-electron chi connectivity index (χ1n) is 5.18. The molecule has 2 rings (SSSR count). The molecular formula is C12H13NO3. The molecule has 4 heteroatoms.